The van der Waals surface area contributed by atoms with E-state index in [1.807, 2.05) is 19.1 Å². The summed E-state index contributed by atoms with van der Waals surface area (Å²) in [5.74, 6) is 2.25. The lowest BCUT2D eigenvalue weighted by atomic mass is 10.1. The Morgan fingerprint density at radius 1 is 1.23 bits per heavy atom. The molecule has 0 bridgehead atoms. The Morgan fingerprint density at radius 2 is 1.95 bits per heavy atom. The van der Waals surface area contributed by atoms with E-state index in [1.54, 1.807) is 33.3 Å². The van der Waals surface area contributed by atoms with Crippen molar-refractivity contribution in [1.29, 1.82) is 0 Å². The fourth-order valence-electron chi connectivity index (χ4n) is 1.98. The summed E-state index contributed by atoms with van der Waals surface area (Å²) in [6.45, 7) is 3.62. The molecule has 0 fully saturated rings. The smallest absolute Gasteiger partial charge is 0.320 e. The third-order valence-corrected chi connectivity index (χ3v) is 3.12. The molecule has 1 atom stereocenters. The number of methoxy groups -OCH3 is 2. The summed E-state index contributed by atoms with van der Waals surface area (Å²) in [5, 5.41) is 9.12. The summed E-state index contributed by atoms with van der Waals surface area (Å²) in [5.41, 5.74) is 0.893. The normalized spacial score (nSPS) is 11.6. The number of anilines is 1. The van der Waals surface area contributed by atoms with E-state index < -0.39 is 0 Å². The molecule has 0 saturated carbocycles. The summed E-state index contributed by atoms with van der Waals surface area (Å²) >= 11 is 0. The summed E-state index contributed by atoms with van der Waals surface area (Å²) in [4.78, 5) is 11.9. The molecular formula is C15H19N3O4. The average Bonchev–Trinajstić information content (AvgIpc) is 2.91. The van der Waals surface area contributed by atoms with E-state index in [2.05, 4.69) is 15.8 Å². The van der Waals surface area contributed by atoms with Gasteiger partial charge in [0.05, 0.1) is 20.3 Å². The fraction of sp³-hybridized carbons (Fsp3) is 0.333. The van der Waals surface area contributed by atoms with Crippen LogP contribution in [-0.4, -0.2) is 25.4 Å². The standard InChI is InChI=1S/C15H19N3O4/c1-9-7-14(18-22-9)17-15(19)16-10(2)11-5-6-12(20-3)13(8-11)21-4/h5-8,10H,1-4H3,(H2,16,17,18,19)/t10-/m0/s1. The largest absolute Gasteiger partial charge is 0.493 e. The van der Waals surface area contributed by atoms with Gasteiger partial charge in [-0.2, -0.15) is 0 Å². The van der Waals surface area contributed by atoms with E-state index in [0.717, 1.165) is 5.56 Å². The van der Waals surface area contributed by atoms with Crippen LogP contribution in [0.2, 0.25) is 0 Å². The number of benzene rings is 1. The predicted octanol–water partition coefficient (Wildman–Crippen LogP) is 2.88. The number of aryl methyl sites for hydroxylation is 1. The van der Waals surface area contributed by atoms with Crippen molar-refractivity contribution in [3.05, 3.63) is 35.6 Å². The van der Waals surface area contributed by atoms with E-state index in [1.165, 1.54) is 0 Å². The molecule has 2 rings (SSSR count). The number of amides is 2. The summed E-state index contributed by atoms with van der Waals surface area (Å²) in [7, 11) is 3.14. The zero-order chi connectivity index (χ0) is 16.1. The number of hydrogen-bond acceptors (Lipinski definition) is 5. The third kappa shape index (κ3) is 3.69. The molecule has 2 N–H and O–H groups in total. The Kier molecular flexibility index (Phi) is 4.88. The fourth-order valence-corrected chi connectivity index (χ4v) is 1.98. The van der Waals surface area contributed by atoms with Crippen LogP contribution in [-0.2, 0) is 0 Å². The van der Waals surface area contributed by atoms with Crippen LogP contribution in [0.5, 0.6) is 11.5 Å². The van der Waals surface area contributed by atoms with Crippen molar-refractivity contribution in [1.82, 2.24) is 10.5 Å². The minimum atomic E-state index is -0.365. The number of carbonyl (C=O) groups excluding carboxylic acids is 1. The number of rotatable bonds is 5. The van der Waals surface area contributed by atoms with Crippen molar-refractivity contribution in [2.24, 2.45) is 0 Å². The molecule has 22 heavy (non-hydrogen) atoms. The Bertz CT molecular complexity index is 654. The quantitative estimate of drug-likeness (QED) is 0.887. The monoisotopic (exact) mass is 305 g/mol. The number of hydrogen-bond donors (Lipinski definition) is 2. The van der Waals surface area contributed by atoms with Gasteiger partial charge in [-0.15, -0.1) is 0 Å². The van der Waals surface area contributed by atoms with Crippen LogP contribution in [0.1, 0.15) is 24.3 Å². The highest BCUT2D eigenvalue weighted by atomic mass is 16.5. The van der Waals surface area contributed by atoms with Crippen LogP contribution in [0.4, 0.5) is 10.6 Å². The molecule has 0 aliphatic carbocycles. The van der Waals surface area contributed by atoms with Gasteiger partial charge in [-0.3, -0.25) is 5.32 Å². The molecule has 7 heteroatoms. The minimum Gasteiger partial charge on any atom is -0.493 e. The first-order chi connectivity index (χ1) is 10.5. The molecule has 118 valence electrons. The maximum Gasteiger partial charge on any atom is 0.320 e. The lowest BCUT2D eigenvalue weighted by Crippen LogP contribution is -2.31. The lowest BCUT2D eigenvalue weighted by molar-refractivity contribution is 0.249. The number of carbonyl (C=O) groups is 1. The Labute approximate surface area is 128 Å². The minimum absolute atomic E-state index is 0.215. The summed E-state index contributed by atoms with van der Waals surface area (Å²) in [6, 6.07) is 6.55. The van der Waals surface area contributed by atoms with Gasteiger partial charge in [0.25, 0.3) is 0 Å². The highest BCUT2D eigenvalue weighted by Gasteiger charge is 2.13. The Morgan fingerprint density at radius 3 is 2.55 bits per heavy atom. The number of nitrogens with one attached hydrogen (secondary N) is 2. The van der Waals surface area contributed by atoms with E-state index in [9.17, 15) is 4.79 Å². The van der Waals surface area contributed by atoms with Crippen molar-refractivity contribution >= 4 is 11.8 Å². The van der Waals surface area contributed by atoms with Crippen LogP contribution in [0, 0.1) is 6.92 Å². The second-order valence-corrected chi connectivity index (χ2v) is 4.76. The second-order valence-electron chi connectivity index (χ2n) is 4.76. The third-order valence-electron chi connectivity index (χ3n) is 3.12. The van der Waals surface area contributed by atoms with Gasteiger partial charge in [0.1, 0.15) is 5.76 Å². The molecule has 2 amide bonds. The maximum absolute atomic E-state index is 11.9. The van der Waals surface area contributed by atoms with E-state index >= 15 is 0 Å². The van der Waals surface area contributed by atoms with Crippen LogP contribution >= 0.6 is 0 Å². The molecular weight excluding hydrogens is 286 g/mol. The van der Waals surface area contributed by atoms with Gasteiger partial charge >= 0.3 is 6.03 Å². The van der Waals surface area contributed by atoms with Crippen LogP contribution in [0.15, 0.2) is 28.8 Å². The molecule has 0 aliphatic rings. The van der Waals surface area contributed by atoms with Gasteiger partial charge < -0.3 is 19.3 Å². The average molecular weight is 305 g/mol. The summed E-state index contributed by atoms with van der Waals surface area (Å²) in [6.07, 6.45) is 0. The van der Waals surface area contributed by atoms with Crippen LogP contribution < -0.4 is 20.1 Å². The van der Waals surface area contributed by atoms with Crippen molar-refractivity contribution in [2.75, 3.05) is 19.5 Å². The van der Waals surface area contributed by atoms with E-state index in [-0.39, 0.29) is 12.1 Å². The topological polar surface area (TPSA) is 85.6 Å². The molecule has 0 unspecified atom stereocenters. The van der Waals surface area contributed by atoms with Crippen LogP contribution in [0.3, 0.4) is 0 Å². The van der Waals surface area contributed by atoms with Crippen molar-refractivity contribution in [3.63, 3.8) is 0 Å². The van der Waals surface area contributed by atoms with Crippen LogP contribution in [0.25, 0.3) is 0 Å². The Balaban J connectivity index is 2.02. The molecule has 1 heterocycles. The Hall–Kier alpha value is -2.70. The highest BCUT2D eigenvalue weighted by molar-refractivity contribution is 5.88. The van der Waals surface area contributed by atoms with Gasteiger partial charge in [-0.05, 0) is 31.5 Å². The second kappa shape index (κ2) is 6.84. The van der Waals surface area contributed by atoms with Gasteiger partial charge in [-0.1, -0.05) is 11.2 Å². The zero-order valence-electron chi connectivity index (χ0n) is 13.0. The van der Waals surface area contributed by atoms with Gasteiger partial charge in [-0.25, -0.2) is 4.79 Å². The lowest BCUT2D eigenvalue weighted by Gasteiger charge is -2.16. The molecule has 0 spiro atoms. The number of aromatic nitrogens is 1. The zero-order valence-corrected chi connectivity index (χ0v) is 13.0. The molecule has 7 nitrogen and oxygen atoms in total. The number of urea groups is 1. The van der Waals surface area contributed by atoms with Crippen molar-refractivity contribution in [3.8, 4) is 11.5 Å². The first-order valence-corrected chi connectivity index (χ1v) is 6.76. The SMILES string of the molecule is COc1ccc([C@H](C)NC(=O)Nc2cc(C)on2)cc1OC. The van der Waals surface area contributed by atoms with Gasteiger partial charge in [0, 0.05) is 6.07 Å². The molecule has 0 aliphatic heterocycles. The first-order valence-electron chi connectivity index (χ1n) is 6.76. The highest BCUT2D eigenvalue weighted by Crippen LogP contribution is 2.29. The van der Waals surface area contributed by atoms with Crippen molar-refractivity contribution < 1.29 is 18.8 Å². The molecule has 0 radical (unpaired) electrons. The number of nitrogens with zero attached hydrogens (tertiary/aromatic N) is 1. The van der Waals surface area contributed by atoms with E-state index in [0.29, 0.717) is 23.1 Å². The first kappa shape index (κ1) is 15.7. The van der Waals surface area contributed by atoms with Crippen molar-refractivity contribution in [2.45, 2.75) is 19.9 Å². The predicted molar refractivity (Wildman–Crippen MR) is 81.4 cm³/mol. The molecule has 0 saturated heterocycles. The van der Waals surface area contributed by atoms with Gasteiger partial charge in [0.2, 0.25) is 0 Å². The van der Waals surface area contributed by atoms with Gasteiger partial charge in [0.15, 0.2) is 17.3 Å². The molecule has 1 aromatic heterocycles. The van der Waals surface area contributed by atoms with E-state index in [4.69, 9.17) is 14.0 Å². The number of ether oxygens (including phenoxy) is 2. The summed E-state index contributed by atoms with van der Waals surface area (Å²) < 4.78 is 15.3. The molecule has 2 aromatic rings. The maximum atomic E-state index is 11.9. The molecule has 1 aromatic carbocycles.